The van der Waals surface area contributed by atoms with Gasteiger partial charge < -0.3 is 19.7 Å². The SMILES string of the molecule is COc1ccccc1Oc1c(O)nc(-c2cnccn2)nc1O. The van der Waals surface area contributed by atoms with E-state index in [-0.39, 0.29) is 11.6 Å². The number of ether oxygens (including phenoxy) is 2. The minimum atomic E-state index is -0.524. The molecule has 0 amide bonds. The smallest absolute Gasteiger partial charge is 0.263 e. The topological polar surface area (TPSA) is 110 Å². The van der Waals surface area contributed by atoms with E-state index in [9.17, 15) is 10.2 Å². The van der Waals surface area contributed by atoms with E-state index >= 15 is 0 Å². The zero-order valence-corrected chi connectivity index (χ0v) is 12.0. The Morgan fingerprint density at radius 1 is 0.957 bits per heavy atom. The van der Waals surface area contributed by atoms with Crippen LogP contribution in [0.3, 0.4) is 0 Å². The quantitative estimate of drug-likeness (QED) is 0.754. The molecule has 0 saturated carbocycles. The Bertz CT molecular complexity index is 804. The van der Waals surface area contributed by atoms with Crippen LogP contribution >= 0.6 is 0 Å². The Kier molecular flexibility index (Phi) is 3.88. The van der Waals surface area contributed by atoms with Gasteiger partial charge in [-0.05, 0) is 12.1 Å². The van der Waals surface area contributed by atoms with Gasteiger partial charge in [0.1, 0.15) is 5.69 Å². The zero-order chi connectivity index (χ0) is 16.2. The van der Waals surface area contributed by atoms with Gasteiger partial charge in [-0.25, -0.2) is 4.98 Å². The summed E-state index contributed by atoms with van der Waals surface area (Å²) >= 11 is 0. The lowest BCUT2D eigenvalue weighted by Crippen LogP contribution is -1.97. The Hall–Kier alpha value is -3.42. The summed E-state index contributed by atoms with van der Waals surface area (Å²) in [4.78, 5) is 15.6. The maximum absolute atomic E-state index is 10.0. The summed E-state index contributed by atoms with van der Waals surface area (Å²) in [6.45, 7) is 0. The fourth-order valence-corrected chi connectivity index (χ4v) is 1.86. The van der Waals surface area contributed by atoms with E-state index in [4.69, 9.17) is 9.47 Å². The summed E-state index contributed by atoms with van der Waals surface area (Å²) in [5.74, 6) is -0.559. The highest BCUT2D eigenvalue weighted by Crippen LogP contribution is 2.40. The molecule has 8 heteroatoms. The average molecular weight is 312 g/mol. The van der Waals surface area contributed by atoms with Gasteiger partial charge in [-0.15, -0.1) is 0 Å². The van der Waals surface area contributed by atoms with Crippen LogP contribution in [-0.4, -0.2) is 37.3 Å². The lowest BCUT2D eigenvalue weighted by molar-refractivity contribution is 0.337. The van der Waals surface area contributed by atoms with Crippen molar-refractivity contribution < 1.29 is 19.7 Å². The van der Waals surface area contributed by atoms with Gasteiger partial charge >= 0.3 is 0 Å². The molecule has 3 aromatic rings. The predicted molar refractivity (Wildman–Crippen MR) is 79.5 cm³/mol. The molecule has 3 rings (SSSR count). The van der Waals surface area contributed by atoms with Gasteiger partial charge in [0.05, 0.1) is 13.3 Å². The molecule has 2 N–H and O–H groups in total. The average Bonchev–Trinajstić information content (AvgIpc) is 2.59. The van der Waals surface area contributed by atoms with Crippen LogP contribution in [0.4, 0.5) is 0 Å². The summed E-state index contributed by atoms with van der Waals surface area (Å²) in [6, 6.07) is 6.78. The van der Waals surface area contributed by atoms with Crippen LogP contribution < -0.4 is 9.47 Å². The van der Waals surface area contributed by atoms with Crippen molar-refractivity contribution in [2.45, 2.75) is 0 Å². The number of benzene rings is 1. The second kappa shape index (κ2) is 6.14. The van der Waals surface area contributed by atoms with E-state index < -0.39 is 11.8 Å². The predicted octanol–water partition coefficient (Wildman–Crippen LogP) is 2.15. The molecule has 0 unspecified atom stereocenters. The Balaban J connectivity index is 1.98. The van der Waals surface area contributed by atoms with Crippen molar-refractivity contribution in [1.82, 2.24) is 19.9 Å². The molecule has 1 aromatic carbocycles. The summed E-state index contributed by atoms with van der Waals surface area (Å²) in [6.07, 6.45) is 4.35. The molecule has 23 heavy (non-hydrogen) atoms. The van der Waals surface area contributed by atoms with Crippen molar-refractivity contribution in [3.05, 3.63) is 42.9 Å². The molecule has 116 valence electrons. The maximum atomic E-state index is 10.0. The molecule has 0 spiro atoms. The van der Waals surface area contributed by atoms with Gasteiger partial charge in [-0.1, -0.05) is 12.1 Å². The lowest BCUT2D eigenvalue weighted by Gasteiger charge is -2.11. The van der Waals surface area contributed by atoms with Crippen LogP contribution in [0.25, 0.3) is 11.5 Å². The number of methoxy groups -OCH3 is 1. The highest BCUT2D eigenvalue weighted by atomic mass is 16.5. The standard InChI is InChI=1S/C15H12N4O4/c1-22-10-4-2-3-5-11(10)23-12-14(20)18-13(19-15(12)21)9-8-16-6-7-17-9/h2-8H,1H3,(H2,18,19,20,21). The molecular weight excluding hydrogens is 300 g/mol. The largest absolute Gasteiger partial charge is 0.493 e. The summed E-state index contributed by atoms with van der Waals surface area (Å²) < 4.78 is 10.6. The molecule has 0 fully saturated rings. The number of nitrogens with zero attached hydrogens (tertiary/aromatic N) is 4. The van der Waals surface area contributed by atoms with Gasteiger partial charge in [0.15, 0.2) is 17.3 Å². The van der Waals surface area contributed by atoms with Gasteiger partial charge in [-0.2, -0.15) is 9.97 Å². The second-order valence-electron chi connectivity index (χ2n) is 4.37. The molecule has 2 heterocycles. The highest BCUT2D eigenvalue weighted by Gasteiger charge is 2.18. The van der Waals surface area contributed by atoms with Crippen LogP contribution in [0.15, 0.2) is 42.9 Å². The van der Waals surface area contributed by atoms with Crippen molar-refractivity contribution in [3.63, 3.8) is 0 Å². The minimum Gasteiger partial charge on any atom is -0.493 e. The van der Waals surface area contributed by atoms with Crippen LogP contribution in [0.2, 0.25) is 0 Å². The molecule has 0 aliphatic carbocycles. The molecule has 0 radical (unpaired) electrons. The first-order valence-corrected chi connectivity index (χ1v) is 6.56. The number of aromatic hydroxyl groups is 2. The highest BCUT2D eigenvalue weighted by molar-refractivity contribution is 5.55. The van der Waals surface area contributed by atoms with Crippen LogP contribution in [0.1, 0.15) is 0 Å². The minimum absolute atomic E-state index is 0.0282. The molecule has 8 nitrogen and oxygen atoms in total. The zero-order valence-electron chi connectivity index (χ0n) is 12.0. The number of rotatable bonds is 4. The van der Waals surface area contributed by atoms with Crippen molar-refractivity contribution in [3.8, 4) is 40.5 Å². The van der Waals surface area contributed by atoms with Gasteiger partial charge in [0, 0.05) is 12.4 Å². The molecule has 0 saturated heterocycles. The van der Waals surface area contributed by atoms with E-state index in [1.807, 2.05) is 0 Å². The van der Waals surface area contributed by atoms with Crippen molar-refractivity contribution >= 4 is 0 Å². The first-order chi connectivity index (χ1) is 11.2. The van der Waals surface area contributed by atoms with Crippen LogP contribution in [0, 0.1) is 0 Å². The third-order valence-corrected chi connectivity index (χ3v) is 2.90. The molecular formula is C15H12N4O4. The monoisotopic (exact) mass is 312 g/mol. The fraction of sp³-hybridized carbons (Fsp3) is 0.0667. The molecule has 0 atom stereocenters. The van der Waals surface area contributed by atoms with Gasteiger partial charge in [-0.3, -0.25) is 4.98 Å². The first kappa shape index (κ1) is 14.5. The molecule has 2 aromatic heterocycles. The summed E-state index contributed by atoms with van der Waals surface area (Å²) in [7, 11) is 1.48. The van der Waals surface area contributed by atoms with E-state index in [0.717, 1.165) is 0 Å². The molecule has 0 bridgehead atoms. The fourth-order valence-electron chi connectivity index (χ4n) is 1.86. The van der Waals surface area contributed by atoms with Crippen LogP contribution in [-0.2, 0) is 0 Å². The third kappa shape index (κ3) is 2.95. The van der Waals surface area contributed by atoms with Gasteiger partial charge in [0.25, 0.3) is 17.5 Å². The molecule has 0 aliphatic rings. The van der Waals surface area contributed by atoms with Crippen LogP contribution in [0.5, 0.6) is 29.0 Å². The van der Waals surface area contributed by atoms with Crippen molar-refractivity contribution in [2.24, 2.45) is 0 Å². The number of aromatic nitrogens is 4. The molecule has 0 aliphatic heterocycles. The Morgan fingerprint density at radius 2 is 1.65 bits per heavy atom. The van der Waals surface area contributed by atoms with Gasteiger partial charge in [0.2, 0.25) is 0 Å². The second-order valence-corrected chi connectivity index (χ2v) is 4.37. The lowest BCUT2D eigenvalue weighted by atomic mass is 10.3. The number of hydrogen-bond acceptors (Lipinski definition) is 8. The van der Waals surface area contributed by atoms with Crippen molar-refractivity contribution in [1.29, 1.82) is 0 Å². The number of hydrogen-bond donors (Lipinski definition) is 2. The third-order valence-electron chi connectivity index (χ3n) is 2.90. The maximum Gasteiger partial charge on any atom is 0.263 e. The first-order valence-electron chi connectivity index (χ1n) is 6.56. The normalized spacial score (nSPS) is 10.3. The van der Waals surface area contributed by atoms with E-state index in [0.29, 0.717) is 17.2 Å². The number of para-hydroxylation sites is 2. The van der Waals surface area contributed by atoms with E-state index in [1.54, 1.807) is 24.3 Å². The summed E-state index contributed by atoms with van der Waals surface area (Å²) in [5.41, 5.74) is 0.307. The van der Waals surface area contributed by atoms with E-state index in [2.05, 4.69) is 19.9 Å². The Morgan fingerprint density at radius 3 is 2.26 bits per heavy atom. The summed E-state index contributed by atoms with van der Waals surface area (Å²) in [5, 5.41) is 20.1. The van der Waals surface area contributed by atoms with Crippen molar-refractivity contribution in [2.75, 3.05) is 7.11 Å². The van der Waals surface area contributed by atoms with E-state index in [1.165, 1.54) is 25.7 Å². The Labute approximate surface area is 131 Å².